The maximum absolute atomic E-state index is 10.3. The molecule has 0 saturated carbocycles. The molecular weight excluding hydrogens is 265 g/mol. The average Bonchev–Trinajstić information content (AvgIpc) is 1.96. The van der Waals surface area contributed by atoms with Gasteiger partial charge < -0.3 is 0 Å². The van der Waals surface area contributed by atoms with Gasteiger partial charge >= 0.3 is 0 Å². The lowest BCUT2D eigenvalue weighted by molar-refractivity contribution is 0.570. The Morgan fingerprint density at radius 2 is 2.25 bits per heavy atom. The molecule has 0 aliphatic heterocycles. The molecule has 66 valence electrons. The molecule has 1 rings (SSSR count). The highest BCUT2D eigenvalue weighted by molar-refractivity contribution is 9.10. The molecule has 0 spiro atoms. The number of nitrogens with one attached hydrogen (secondary N) is 1. The Hall–Kier alpha value is -0.100. The zero-order chi connectivity index (χ0) is 9.14. The van der Waals surface area contributed by atoms with Gasteiger partial charge in [-0.15, -0.1) is 0 Å². The minimum atomic E-state index is -2.05. The Morgan fingerprint density at radius 3 is 2.75 bits per heavy atom. The normalized spacial score (nSPS) is 12.6. The first-order valence-electron chi connectivity index (χ1n) is 2.92. The molecule has 0 heterocycles. The first kappa shape index (κ1) is 9.98. The smallest absolute Gasteiger partial charge is 0.259 e. The lowest BCUT2D eigenvalue weighted by Crippen LogP contribution is -2.01. The van der Waals surface area contributed by atoms with E-state index in [4.69, 9.17) is 16.2 Å². The lowest BCUT2D eigenvalue weighted by Gasteiger charge is -2.01. The van der Waals surface area contributed by atoms with E-state index in [1.165, 1.54) is 0 Å². The molecule has 12 heavy (non-hydrogen) atoms. The van der Waals surface area contributed by atoms with Gasteiger partial charge in [0.1, 0.15) is 0 Å². The number of rotatable bonds is 2. The summed E-state index contributed by atoms with van der Waals surface area (Å²) >= 11 is 6.84. The molecule has 2 N–H and O–H groups in total. The lowest BCUT2D eigenvalue weighted by atomic mass is 10.3. The van der Waals surface area contributed by atoms with E-state index in [1.807, 2.05) is 0 Å². The molecule has 0 radical (unpaired) electrons. The second kappa shape index (κ2) is 4.23. The van der Waals surface area contributed by atoms with Gasteiger partial charge in [0, 0.05) is 10.2 Å². The fourth-order valence-corrected chi connectivity index (χ4v) is 1.49. The summed E-state index contributed by atoms with van der Waals surface area (Å²) in [4.78, 5) is 0. The summed E-state index contributed by atoms with van der Waals surface area (Å²) in [6.07, 6.45) is 0. The second-order valence-electron chi connectivity index (χ2n) is 1.98. The fourth-order valence-electron chi connectivity index (χ4n) is 0.660. The van der Waals surface area contributed by atoms with E-state index in [-0.39, 0.29) is 0 Å². The van der Waals surface area contributed by atoms with Gasteiger partial charge in [0.15, 0.2) is 0 Å². The van der Waals surface area contributed by atoms with E-state index in [9.17, 15) is 4.21 Å². The highest BCUT2D eigenvalue weighted by Gasteiger charge is 1.99. The molecule has 0 bridgehead atoms. The standard InChI is InChI=1S/C6H5BrClNO2S/c7-5-3-4(9-12(10)11)1-2-6(5)8/h1-3,9H,(H,10,11). The molecule has 0 amide bonds. The summed E-state index contributed by atoms with van der Waals surface area (Å²) in [5.74, 6) is 0. The third kappa shape index (κ3) is 2.75. The zero-order valence-corrected chi connectivity index (χ0v) is 8.91. The van der Waals surface area contributed by atoms with Crippen LogP contribution >= 0.6 is 27.5 Å². The van der Waals surface area contributed by atoms with Crippen molar-refractivity contribution in [3.8, 4) is 0 Å². The maximum Gasteiger partial charge on any atom is 0.259 e. The van der Waals surface area contributed by atoms with Gasteiger partial charge in [0.2, 0.25) is 0 Å². The number of hydrogen-bond acceptors (Lipinski definition) is 1. The highest BCUT2D eigenvalue weighted by Crippen LogP contribution is 2.25. The SMILES string of the molecule is O=S(O)Nc1ccc(Cl)c(Br)c1. The molecule has 6 heteroatoms. The van der Waals surface area contributed by atoms with Crippen LogP contribution in [0.3, 0.4) is 0 Å². The molecule has 1 aromatic carbocycles. The fraction of sp³-hybridized carbons (Fsp3) is 0. The van der Waals surface area contributed by atoms with Crippen molar-refractivity contribution in [2.24, 2.45) is 0 Å². The van der Waals surface area contributed by atoms with Crippen LogP contribution in [0.5, 0.6) is 0 Å². The van der Waals surface area contributed by atoms with Crippen molar-refractivity contribution >= 4 is 44.5 Å². The molecule has 1 unspecified atom stereocenters. The monoisotopic (exact) mass is 269 g/mol. The Balaban J connectivity index is 2.89. The van der Waals surface area contributed by atoms with Crippen LogP contribution in [0.15, 0.2) is 22.7 Å². The average molecular weight is 271 g/mol. The number of benzene rings is 1. The van der Waals surface area contributed by atoms with Gasteiger partial charge in [-0.1, -0.05) is 11.6 Å². The zero-order valence-electron chi connectivity index (χ0n) is 5.75. The van der Waals surface area contributed by atoms with Crippen LogP contribution < -0.4 is 4.72 Å². The number of halogens is 2. The molecular formula is C6H5BrClNO2S. The van der Waals surface area contributed by atoms with Crippen LogP contribution in [-0.2, 0) is 11.3 Å². The van der Waals surface area contributed by atoms with Crippen LogP contribution in [0.2, 0.25) is 5.02 Å². The first-order chi connectivity index (χ1) is 5.59. The summed E-state index contributed by atoms with van der Waals surface area (Å²) in [6.45, 7) is 0. The molecule has 0 aliphatic carbocycles. The van der Waals surface area contributed by atoms with Crippen LogP contribution in [0.25, 0.3) is 0 Å². The summed E-state index contributed by atoms with van der Waals surface area (Å²) in [5.41, 5.74) is 0.534. The predicted molar refractivity (Wildman–Crippen MR) is 53.5 cm³/mol. The molecule has 0 fully saturated rings. The van der Waals surface area contributed by atoms with Gasteiger partial charge in [-0.05, 0) is 34.1 Å². The molecule has 0 aromatic heterocycles. The van der Waals surface area contributed by atoms with Crippen molar-refractivity contribution in [2.75, 3.05) is 4.72 Å². The third-order valence-electron chi connectivity index (χ3n) is 1.12. The van der Waals surface area contributed by atoms with Crippen molar-refractivity contribution in [3.05, 3.63) is 27.7 Å². The molecule has 0 aliphatic rings. The van der Waals surface area contributed by atoms with Crippen LogP contribution in [0, 0.1) is 0 Å². The molecule has 3 nitrogen and oxygen atoms in total. The molecule has 0 saturated heterocycles. The van der Waals surface area contributed by atoms with Crippen LogP contribution in [0.4, 0.5) is 5.69 Å². The van der Waals surface area contributed by atoms with Gasteiger partial charge in [-0.2, -0.15) is 0 Å². The largest absolute Gasteiger partial charge is 0.289 e. The predicted octanol–water partition coefficient (Wildman–Crippen LogP) is 2.65. The van der Waals surface area contributed by atoms with Crippen molar-refractivity contribution in [3.63, 3.8) is 0 Å². The Labute approximate surface area is 85.7 Å². The van der Waals surface area contributed by atoms with Crippen molar-refractivity contribution in [1.29, 1.82) is 0 Å². The van der Waals surface area contributed by atoms with Gasteiger partial charge in [-0.3, -0.25) is 9.27 Å². The van der Waals surface area contributed by atoms with Crippen molar-refractivity contribution in [2.45, 2.75) is 0 Å². The van der Waals surface area contributed by atoms with E-state index in [0.29, 0.717) is 15.2 Å². The highest BCUT2D eigenvalue weighted by atomic mass is 79.9. The molecule has 1 aromatic rings. The van der Waals surface area contributed by atoms with E-state index in [1.54, 1.807) is 18.2 Å². The summed E-state index contributed by atoms with van der Waals surface area (Å²) in [7, 11) is 0. The topological polar surface area (TPSA) is 49.3 Å². The molecule has 1 atom stereocenters. The Morgan fingerprint density at radius 1 is 1.58 bits per heavy atom. The van der Waals surface area contributed by atoms with Crippen LogP contribution in [-0.4, -0.2) is 8.76 Å². The van der Waals surface area contributed by atoms with Crippen molar-refractivity contribution < 1.29 is 8.76 Å². The van der Waals surface area contributed by atoms with E-state index < -0.39 is 11.3 Å². The Kier molecular flexibility index (Phi) is 3.52. The third-order valence-corrected chi connectivity index (χ3v) is 2.75. The Bertz CT molecular complexity index is 320. The second-order valence-corrected chi connectivity index (χ2v) is 3.94. The minimum absolute atomic E-state index is 0.534. The summed E-state index contributed by atoms with van der Waals surface area (Å²) < 4.78 is 21.8. The van der Waals surface area contributed by atoms with E-state index in [0.717, 1.165) is 0 Å². The van der Waals surface area contributed by atoms with Gasteiger partial charge in [0.05, 0.1) is 5.02 Å². The number of hydrogen-bond donors (Lipinski definition) is 2. The number of anilines is 1. The minimum Gasteiger partial charge on any atom is -0.289 e. The summed E-state index contributed by atoms with van der Waals surface area (Å²) in [5, 5.41) is 0.560. The van der Waals surface area contributed by atoms with E-state index in [2.05, 4.69) is 20.7 Å². The van der Waals surface area contributed by atoms with Gasteiger partial charge in [-0.25, -0.2) is 4.21 Å². The van der Waals surface area contributed by atoms with Crippen molar-refractivity contribution in [1.82, 2.24) is 0 Å². The quantitative estimate of drug-likeness (QED) is 0.812. The van der Waals surface area contributed by atoms with Gasteiger partial charge in [0.25, 0.3) is 11.3 Å². The maximum atomic E-state index is 10.3. The first-order valence-corrected chi connectivity index (χ1v) is 5.20. The van der Waals surface area contributed by atoms with Crippen LogP contribution in [0.1, 0.15) is 0 Å². The van der Waals surface area contributed by atoms with E-state index >= 15 is 0 Å². The summed E-state index contributed by atoms with van der Waals surface area (Å²) in [6, 6.07) is 4.86.